The molecule has 0 aliphatic heterocycles. The molecule has 0 fully saturated rings. The van der Waals surface area contributed by atoms with Crippen molar-refractivity contribution in [3.63, 3.8) is 0 Å². The van der Waals surface area contributed by atoms with Crippen molar-refractivity contribution in [2.45, 2.75) is 19.3 Å². The molecule has 1 amide bonds. The van der Waals surface area contributed by atoms with Crippen LogP contribution >= 0.6 is 11.3 Å². The molecule has 7 heteroatoms. The Balaban J connectivity index is 1.39. The van der Waals surface area contributed by atoms with Gasteiger partial charge in [0.05, 0.1) is 12.0 Å². The average Bonchev–Trinajstić information content (AvgIpc) is 3.32. The number of amides is 1. The molecule has 1 N–H and O–H groups in total. The summed E-state index contributed by atoms with van der Waals surface area (Å²) in [6, 6.07) is 11.7. The molecule has 0 unspecified atom stereocenters. The van der Waals surface area contributed by atoms with E-state index in [4.69, 9.17) is 9.15 Å². The van der Waals surface area contributed by atoms with E-state index < -0.39 is 0 Å². The molecular weight excluding hydrogens is 338 g/mol. The quantitative estimate of drug-likeness (QED) is 0.670. The number of nitrogens with one attached hydrogen (secondary N) is 1. The van der Waals surface area contributed by atoms with Gasteiger partial charge in [-0.1, -0.05) is 18.2 Å². The number of carbonyl (C=O) groups is 1. The lowest BCUT2D eigenvalue weighted by Crippen LogP contribution is -2.25. The van der Waals surface area contributed by atoms with Gasteiger partial charge in [0.15, 0.2) is 0 Å². The van der Waals surface area contributed by atoms with Crippen molar-refractivity contribution in [2.24, 2.45) is 0 Å². The predicted molar refractivity (Wildman–Crippen MR) is 95.6 cm³/mol. The van der Waals surface area contributed by atoms with Crippen LogP contribution in [-0.2, 0) is 17.6 Å². The number of aromatic nitrogens is 2. The first kappa shape index (κ1) is 17.2. The third-order valence-electron chi connectivity index (χ3n) is 3.66. The van der Waals surface area contributed by atoms with Crippen molar-refractivity contribution in [3.05, 3.63) is 53.2 Å². The Morgan fingerprint density at radius 1 is 1.20 bits per heavy atom. The first-order valence-electron chi connectivity index (χ1n) is 8.00. The van der Waals surface area contributed by atoms with Crippen LogP contribution in [0.5, 0.6) is 5.75 Å². The van der Waals surface area contributed by atoms with Crippen LogP contribution in [0.1, 0.15) is 17.9 Å². The minimum Gasteiger partial charge on any atom is -0.497 e. The van der Waals surface area contributed by atoms with Crippen LogP contribution in [0.4, 0.5) is 0 Å². The highest BCUT2D eigenvalue weighted by atomic mass is 32.1. The number of thiophene rings is 1. The van der Waals surface area contributed by atoms with Crippen LogP contribution in [-0.4, -0.2) is 29.8 Å². The fraction of sp³-hybridized carbons (Fsp3) is 0.278. The van der Waals surface area contributed by atoms with Gasteiger partial charge in [-0.25, -0.2) is 0 Å². The predicted octanol–water partition coefficient (Wildman–Crippen LogP) is 3.10. The normalized spacial score (nSPS) is 10.6. The second-order valence-corrected chi connectivity index (χ2v) is 6.37. The zero-order valence-electron chi connectivity index (χ0n) is 13.9. The van der Waals surface area contributed by atoms with E-state index in [1.54, 1.807) is 18.4 Å². The van der Waals surface area contributed by atoms with E-state index in [2.05, 4.69) is 15.5 Å². The Bertz CT molecular complexity index is 797. The molecule has 0 aliphatic carbocycles. The molecule has 0 radical (unpaired) electrons. The summed E-state index contributed by atoms with van der Waals surface area (Å²) >= 11 is 1.54. The Hall–Kier alpha value is -2.67. The second-order valence-electron chi connectivity index (χ2n) is 5.43. The third kappa shape index (κ3) is 4.90. The molecule has 0 saturated heterocycles. The number of carbonyl (C=O) groups excluding carboxylic acids is 1. The molecule has 0 aliphatic rings. The smallest absolute Gasteiger partial charge is 0.257 e. The number of aryl methyl sites for hydroxylation is 1. The molecule has 0 atom stereocenters. The van der Waals surface area contributed by atoms with Gasteiger partial charge in [-0.2, -0.15) is 0 Å². The maximum Gasteiger partial charge on any atom is 0.257 e. The van der Waals surface area contributed by atoms with E-state index >= 15 is 0 Å². The Labute approximate surface area is 149 Å². The van der Waals surface area contributed by atoms with Crippen molar-refractivity contribution in [1.29, 1.82) is 0 Å². The van der Waals surface area contributed by atoms with Crippen LogP contribution in [0.25, 0.3) is 10.8 Å². The van der Waals surface area contributed by atoms with Crippen LogP contribution in [0.2, 0.25) is 0 Å². The maximum atomic E-state index is 11.9. The monoisotopic (exact) mass is 357 g/mol. The van der Waals surface area contributed by atoms with Gasteiger partial charge in [-0.05, 0) is 35.6 Å². The number of nitrogens with zero attached hydrogens (tertiary/aromatic N) is 2. The first-order valence-corrected chi connectivity index (χ1v) is 8.88. The molecule has 0 bridgehead atoms. The number of rotatable bonds is 8. The van der Waals surface area contributed by atoms with Crippen LogP contribution in [0.15, 0.2) is 46.2 Å². The van der Waals surface area contributed by atoms with E-state index in [1.165, 1.54) is 0 Å². The lowest BCUT2D eigenvalue weighted by Gasteiger charge is -2.05. The molecule has 2 heterocycles. The van der Waals surface area contributed by atoms with Gasteiger partial charge in [0.25, 0.3) is 5.89 Å². The van der Waals surface area contributed by atoms with Gasteiger partial charge in [0, 0.05) is 19.4 Å². The summed E-state index contributed by atoms with van der Waals surface area (Å²) in [5, 5.41) is 12.9. The van der Waals surface area contributed by atoms with E-state index in [0.717, 1.165) is 22.6 Å². The molecule has 0 saturated carbocycles. The SMILES string of the molecule is COc1ccc(CCNC(=O)CCc2nnc(-c3cccs3)o2)cc1. The number of benzene rings is 1. The molecule has 6 nitrogen and oxygen atoms in total. The first-order chi connectivity index (χ1) is 12.2. The third-order valence-corrected chi connectivity index (χ3v) is 4.52. The molecule has 0 spiro atoms. The van der Waals surface area contributed by atoms with E-state index in [1.807, 2.05) is 41.8 Å². The number of methoxy groups -OCH3 is 1. The summed E-state index contributed by atoms with van der Waals surface area (Å²) in [7, 11) is 1.64. The van der Waals surface area contributed by atoms with Crippen LogP contribution in [0.3, 0.4) is 0 Å². The maximum absolute atomic E-state index is 11.9. The lowest BCUT2D eigenvalue weighted by atomic mass is 10.1. The van der Waals surface area contributed by atoms with E-state index in [9.17, 15) is 4.79 Å². The van der Waals surface area contributed by atoms with Crippen molar-refractivity contribution in [2.75, 3.05) is 13.7 Å². The Morgan fingerprint density at radius 2 is 2.04 bits per heavy atom. The van der Waals surface area contributed by atoms with Gasteiger partial charge in [0.2, 0.25) is 11.8 Å². The van der Waals surface area contributed by atoms with Gasteiger partial charge in [-0.3, -0.25) is 4.79 Å². The van der Waals surface area contributed by atoms with Crippen molar-refractivity contribution in [3.8, 4) is 16.5 Å². The van der Waals surface area contributed by atoms with Gasteiger partial charge < -0.3 is 14.5 Å². The molecule has 25 heavy (non-hydrogen) atoms. The highest BCUT2D eigenvalue weighted by Crippen LogP contribution is 2.23. The molecule has 130 valence electrons. The number of hydrogen-bond donors (Lipinski definition) is 1. The minimum absolute atomic E-state index is 0.0237. The van der Waals surface area contributed by atoms with Gasteiger partial charge in [-0.15, -0.1) is 21.5 Å². The molecule has 3 rings (SSSR count). The molecule has 1 aromatic carbocycles. The fourth-order valence-electron chi connectivity index (χ4n) is 2.30. The Kier molecular flexibility index (Phi) is 5.79. The summed E-state index contributed by atoms with van der Waals surface area (Å²) < 4.78 is 10.7. The van der Waals surface area contributed by atoms with E-state index in [-0.39, 0.29) is 5.91 Å². The summed E-state index contributed by atoms with van der Waals surface area (Å²) in [6.07, 6.45) is 1.54. The summed E-state index contributed by atoms with van der Waals surface area (Å²) in [5.41, 5.74) is 1.15. The minimum atomic E-state index is -0.0237. The Morgan fingerprint density at radius 3 is 2.76 bits per heavy atom. The molecule has 3 aromatic rings. The van der Waals surface area contributed by atoms with Crippen LogP contribution in [0, 0.1) is 0 Å². The van der Waals surface area contributed by atoms with Gasteiger partial charge >= 0.3 is 0 Å². The van der Waals surface area contributed by atoms with Crippen molar-refractivity contribution >= 4 is 17.2 Å². The highest BCUT2D eigenvalue weighted by Gasteiger charge is 2.11. The van der Waals surface area contributed by atoms with Crippen molar-refractivity contribution in [1.82, 2.24) is 15.5 Å². The van der Waals surface area contributed by atoms with E-state index in [0.29, 0.717) is 31.2 Å². The number of ether oxygens (including phenoxy) is 1. The standard InChI is InChI=1S/C18H19N3O3S/c1-23-14-6-4-13(5-7-14)10-11-19-16(22)8-9-17-20-21-18(24-17)15-3-2-12-25-15/h2-7,12H,8-11H2,1H3,(H,19,22). The molecule has 2 aromatic heterocycles. The number of hydrogen-bond acceptors (Lipinski definition) is 6. The van der Waals surface area contributed by atoms with Gasteiger partial charge in [0.1, 0.15) is 5.75 Å². The van der Waals surface area contributed by atoms with Crippen LogP contribution < -0.4 is 10.1 Å². The zero-order valence-corrected chi connectivity index (χ0v) is 14.7. The zero-order chi connectivity index (χ0) is 17.5. The largest absolute Gasteiger partial charge is 0.497 e. The van der Waals surface area contributed by atoms with Crippen molar-refractivity contribution < 1.29 is 13.9 Å². The fourth-order valence-corrected chi connectivity index (χ4v) is 2.95. The highest BCUT2D eigenvalue weighted by molar-refractivity contribution is 7.13. The topological polar surface area (TPSA) is 77.2 Å². The summed E-state index contributed by atoms with van der Waals surface area (Å²) in [6.45, 7) is 0.593. The average molecular weight is 357 g/mol. The second kappa shape index (κ2) is 8.43. The summed E-state index contributed by atoms with van der Waals surface area (Å²) in [4.78, 5) is 12.9. The summed E-state index contributed by atoms with van der Waals surface area (Å²) in [5.74, 6) is 1.79. The molecular formula is C18H19N3O3S. The lowest BCUT2D eigenvalue weighted by molar-refractivity contribution is -0.121.